The lowest BCUT2D eigenvalue weighted by Gasteiger charge is -2.12. The Bertz CT molecular complexity index is 10500. The molecule has 668 valence electrons. The lowest BCUT2D eigenvalue weighted by atomic mass is 9.98. The van der Waals surface area contributed by atoms with Crippen LogP contribution in [0.2, 0.25) is 0 Å². The first kappa shape index (κ1) is 80.5. The average Bonchev–Trinajstić information content (AvgIpc) is 1.54. The Morgan fingerprint density at radius 1 is 0.139 bits per heavy atom. The Balaban J connectivity index is 0.000000102. The van der Waals surface area contributed by atoms with E-state index >= 15 is 0 Å². The van der Waals surface area contributed by atoms with Gasteiger partial charge in [-0.05, 0) is 185 Å². The normalized spacial score (nSPS) is 12.0. The van der Waals surface area contributed by atoms with E-state index in [1.54, 1.807) is 0 Å². The zero-order valence-corrected chi connectivity index (χ0v) is 77.4. The Morgan fingerprint density at radius 3 is 0.736 bits per heavy atom. The van der Waals surface area contributed by atoms with Crippen LogP contribution in [0.3, 0.4) is 0 Å². The fraction of sp³-hybridized carbons (Fsp3) is 0. The molecule has 32 rings (SSSR count). The van der Waals surface area contributed by atoms with E-state index in [0.29, 0.717) is 35.1 Å². The molecule has 20 aromatic carbocycles. The highest BCUT2D eigenvalue weighted by Gasteiger charge is 2.28. The van der Waals surface area contributed by atoms with E-state index in [4.69, 9.17) is 29.9 Å². The fourth-order valence-corrected chi connectivity index (χ4v) is 23.2. The highest BCUT2D eigenvalue weighted by molar-refractivity contribution is 6.28. The number of hydrogen-bond acceptors (Lipinski definition) is 7. The summed E-state index contributed by atoms with van der Waals surface area (Å²) < 4.78 is 14.2. The van der Waals surface area contributed by atoms with Gasteiger partial charge in [-0.25, -0.2) is 19.9 Å². The third-order valence-electron chi connectivity index (χ3n) is 29.5. The highest BCUT2D eigenvalue weighted by atomic mass is 15.2. The minimum absolute atomic E-state index is 0.593. The molecule has 0 unspecified atom stereocenters. The molecular formula is C131H79N13. The number of fused-ring (bicyclic) bond motifs is 27. The maximum atomic E-state index is 5.10. The molecule has 0 saturated heterocycles. The van der Waals surface area contributed by atoms with E-state index in [2.05, 4.69) is 378 Å². The predicted octanol–water partition coefficient (Wildman–Crippen LogP) is 32.9. The molecule has 0 radical (unpaired) electrons. The summed E-state index contributed by atoms with van der Waals surface area (Å²) in [6.07, 6.45) is 3.87. The van der Waals surface area contributed by atoms with Crippen molar-refractivity contribution in [2.45, 2.75) is 0 Å². The van der Waals surface area contributed by atoms with Gasteiger partial charge in [0.05, 0.1) is 82.8 Å². The number of nitrogens with zero attached hydrogens (tertiary/aromatic N) is 13. The van der Waals surface area contributed by atoms with Crippen LogP contribution in [0.15, 0.2) is 480 Å². The Hall–Kier alpha value is -19.6. The van der Waals surface area contributed by atoms with Crippen molar-refractivity contribution < 1.29 is 0 Å². The Kier molecular flexibility index (Phi) is 17.9. The molecule has 12 heterocycles. The first-order valence-corrected chi connectivity index (χ1v) is 48.8. The van der Waals surface area contributed by atoms with Crippen LogP contribution in [0.5, 0.6) is 0 Å². The van der Waals surface area contributed by atoms with E-state index < -0.39 is 0 Å². The summed E-state index contributed by atoms with van der Waals surface area (Å²) in [4.78, 5) is 34.6. The number of rotatable bonds is 11. The van der Waals surface area contributed by atoms with Gasteiger partial charge in [0.15, 0.2) is 29.1 Å². The maximum Gasteiger partial charge on any atom is 0.238 e. The van der Waals surface area contributed by atoms with Gasteiger partial charge in [-0.1, -0.05) is 315 Å². The molecular weight excluding hydrogens is 1760 g/mol. The van der Waals surface area contributed by atoms with Crippen LogP contribution in [0, 0.1) is 0 Å². The SMILES string of the molecule is c1ccc(-c2nc(-c3ccccc3)nc(-c3cccc(-n4c5ccccc5c5cc(-c6cc7c8ccccc8n8c9ccccc9c(c6)c78)ccc54)c3)n2)cc1.c1ccc(-c2nc(-c3ccccc3)nc(-n3c4ccccc4c4cc(-c5cc6c7ccccc7n7c8ccccc8c(c5)c67)ccc43)n2)cc1.c1ccc(-n2c3ccncc3c3cc(-c4cc5c6ccccc6n6c7ccccc7c(c4)c56)ccc32)cc1. The molecule has 144 heavy (non-hydrogen) atoms. The molecule has 13 heteroatoms. The highest BCUT2D eigenvalue weighted by Crippen LogP contribution is 2.49. The second kappa shape index (κ2) is 32.0. The molecule has 0 atom stereocenters. The van der Waals surface area contributed by atoms with Gasteiger partial charge >= 0.3 is 0 Å². The summed E-state index contributed by atoms with van der Waals surface area (Å²) in [5.74, 6) is 3.80. The van der Waals surface area contributed by atoms with Crippen LogP contribution < -0.4 is 0 Å². The van der Waals surface area contributed by atoms with Gasteiger partial charge in [0.25, 0.3) is 0 Å². The first-order chi connectivity index (χ1) is 71.4. The number of aromatic nitrogens is 13. The third kappa shape index (κ3) is 12.5. The summed E-state index contributed by atoms with van der Waals surface area (Å²) in [5, 5.41) is 22.5. The smallest absolute Gasteiger partial charge is 0.238 e. The molecule has 32 aromatic rings. The Labute approximate surface area is 822 Å². The fourth-order valence-electron chi connectivity index (χ4n) is 23.2. The molecule has 0 fully saturated rings. The van der Waals surface area contributed by atoms with E-state index in [0.717, 1.165) is 72.0 Å². The van der Waals surface area contributed by atoms with Gasteiger partial charge in [0, 0.05) is 149 Å². The third-order valence-corrected chi connectivity index (χ3v) is 29.5. The van der Waals surface area contributed by atoms with Gasteiger partial charge in [-0.2, -0.15) is 9.97 Å². The predicted molar refractivity (Wildman–Crippen MR) is 594 cm³/mol. The minimum atomic E-state index is 0.593. The summed E-state index contributed by atoms with van der Waals surface area (Å²) in [7, 11) is 0. The van der Waals surface area contributed by atoms with Crippen molar-refractivity contribution in [2.24, 2.45) is 0 Å². The van der Waals surface area contributed by atoms with Gasteiger partial charge in [0.2, 0.25) is 5.95 Å². The second-order valence-corrected chi connectivity index (χ2v) is 37.4. The van der Waals surface area contributed by atoms with Crippen molar-refractivity contribution in [1.82, 2.24) is 61.8 Å². The van der Waals surface area contributed by atoms with Crippen LogP contribution in [-0.4, -0.2) is 61.8 Å². The lowest BCUT2D eigenvalue weighted by molar-refractivity contribution is 0.953. The molecule has 13 nitrogen and oxygen atoms in total. The number of pyridine rings is 1. The van der Waals surface area contributed by atoms with Gasteiger partial charge in [-0.15, -0.1) is 0 Å². The molecule has 0 bridgehead atoms. The zero-order chi connectivity index (χ0) is 94.3. The van der Waals surface area contributed by atoms with Crippen molar-refractivity contribution in [2.75, 3.05) is 0 Å². The summed E-state index contributed by atoms with van der Waals surface area (Å²) in [6.45, 7) is 0. The van der Waals surface area contributed by atoms with E-state index in [-0.39, 0.29) is 0 Å². The monoisotopic (exact) mass is 1830 g/mol. The standard InChI is InChI=1S/C51H31N5.C45H27N5.C35H21N3/c1-3-14-32(15-4-1)49-52-50(33-16-5-2-6-17-33)54-51(53-49)35-18-13-19-37(28-35)55-44-23-10-7-20-38(44)41-29-34(26-27-47(41)55)36-30-42-39-21-8-11-24-45(39)56-46-25-12-9-22-40(46)43(31-36)48(42)56;1-3-13-28(14-4-1)43-46-44(29-15-5-2-6-16-29)48-45(47-43)50-40-22-12-7-17-32(40)35-25-30(23-24-41(35)50)31-26-36-33-18-8-10-20-38(33)49-39-21-11-9-19-34(39)37(27-31)42(36)49;1-2-8-24(9-3-1)37-33-15-14-22(18-27(33)30-21-36-17-16-34(30)37)23-19-28-25-10-4-6-12-31(25)38-32-13-7-5-11-26(32)29(20-23)35(28)38/h1-31H;1-27H;1-21H. The maximum absolute atomic E-state index is 5.10. The van der Waals surface area contributed by atoms with E-state index in [1.165, 1.54) is 180 Å². The van der Waals surface area contributed by atoms with Crippen molar-refractivity contribution in [3.8, 4) is 108 Å². The summed E-state index contributed by atoms with van der Waals surface area (Å²) in [5.41, 5.74) is 32.3. The largest absolute Gasteiger partial charge is 0.309 e. The molecule has 0 N–H and O–H groups in total. The molecule has 0 spiro atoms. The zero-order valence-electron chi connectivity index (χ0n) is 77.4. The van der Waals surface area contributed by atoms with Crippen molar-refractivity contribution in [3.05, 3.63) is 480 Å². The molecule has 0 saturated carbocycles. The van der Waals surface area contributed by atoms with Crippen LogP contribution in [0.25, 0.3) is 287 Å². The second-order valence-electron chi connectivity index (χ2n) is 37.4. The minimum Gasteiger partial charge on any atom is -0.309 e. The van der Waals surface area contributed by atoms with Crippen molar-refractivity contribution in [1.29, 1.82) is 0 Å². The van der Waals surface area contributed by atoms with Gasteiger partial charge in [-0.3, -0.25) is 9.55 Å². The number of hydrogen-bond donors (Lipinski definition) is 0. The van der Waals surface area contributed by atoms with Gasteiger partial charge < -0.3 is 22.3 Å². The summed E-state index contributed by atoms with van der Waals surface area (Å²) in [6, 6.07) is 166. The topological polar surface area (TPSA) is 118 Å². The van der Waals surface area contributed by atoms with Crippen molar-refractivity contribution in [3.63, 3.8) is 0 Å². The molecule has 0 aliphatic carbocycles. The summed E-state index contributed by atoms with van der Waals surface area (Å²) >= 11 is 0. The lowest BCUT2D eigenvalue weighted by Crippen LogP contribution is -2.06. The van der Waals surface area contributed by atoms with Crippen LogP contribution in [0.4, 0.5) is 0 Å². The quantitative estimate of drug-likeness (QED) is 0.127. The number of benzene rings is 20. The van der Waals surface area contributed by atoms with Crippen LogP contribution in [0.1, 0.15) is 0 Å². The van der Waals surface area contributed by atoms with Gasteiger partial charge in [0.1, 0.15) is 0 Å². The molecule has 12 aromatic heterocycles. The van der Waals surface area contributed by atoms with Crippen LogP contribution in [-0.2, 0) is 0 Å². The van der Waals surface area contributed by atoms with E-state index in [1.807, 2.05) is 134 Å². The molecule has 0 aliphatic rings. The Morgan fingerprint density at radius 2 is 0.382 bits per heavy atom. The molecule has 0 aliphatic heterocycles. The molecule has 0 amide bonds. The average molecular weight is 1840 g/mol. The first-order valence-electron chi connectivity index (χ1n) is 48.8. The number of para-hydroxylation sites is 9. The van der Waals surface area contributed by atoms with Crippen molar-refractivity contribution >= 4 is 180 Å². The van der Waals surface area contributed by atoms with Crippen LogP contribution >= 0.6 is 0 Å². The van der Waals surface area contributed by atoms with E-state index in [9.17, 15) is 0 Å².